The molecule has 5 nitrogen and oxygen atoms in total. The molecule has 1 heterocycles. The average molecular weight is 265 g/mol. The highest BCUT2D eigenvalue weighted by Gasteiger charge is 2.10. The molecule has 0 fully saturated rings. The van der Waals surface area contributed by atoms with Gasteiger partial charge in [-0.1, -0.05) is 13.8 Å². The molecule has 0 atom stereocenters. The van der Waals surface area contributed by atoms with Gasteiger partial charge in [-0.15, -0.1) is 0 Å². The second-order valence-corrected chi connectivity index (χ2v) is 5.54. The molecule has 0 saturated carbocycles. The van der Waals surface area contributed by atoms with Gasteiger partial charge in [0, 0.05) is 26.2 Å². The first kappa shape index (κ1) is 15.9. The first-order valence-electron chi connectivity index (χ1n) is 6.88. The average Bonchev–Trinajstić information content (AvgIpc) is 2.35. The summed E-state index contributed by atoms with van der Waals surface area (Å²) in [5.74, 6) is 1.58. The zero-order valence-electron chi connectivity index (χ0n) is 12.8. The zero-order chi connectivity index (χ0) is 14.3. The maximum atomic E-state index is 4.53. The summed E-state index contributed by atoms with van der Waals surface area (Å²) in [6, 6.07) is 0. The van der Waals surface area contributed by atoms with E-state index in [1.807, 2.05) is 19.4 Å². The van der Waals surface area contributed by atoms with E-state index in [0.717, 1.165) is 37.7 Å². The van der Waals surface area contributed by atoms with Gasteiger partial charge >= 0.3 is 0 Å². The normalized spacial score (nSPS) is 11.3. The van der Waals surface area contributed by atoms with Gasteiger partial charge in [0.15, 0.2) is 0 Å². The molecule has 0 aliphatic rings. The summed E-state index contributed by atoms with van der Waals surface area (Å²) < 4.78 is 0. The number of nitrogens with one attached hydrogen (secondary N) is 1. The lowest BCUT2D eigenvalue weighted by Crippen LogP contribution is -2.35. The standard InChI is InChI=1S/C14H27N5/c1-12(2)11-19(7-6-18(4)5)14-10-16-13(8-15-3)9-17-14/h9-10,12,15H,6-8,11H2,1-5H3. The first-order valence-corrected chi connectivity index (χ1v) is 6.88. The summed E-state index contributed by atoms with van der Waals surface area (Å²) >= 11 is 0. The quantitative estimate of drug-likeness (QED) is 0.765. The van der Waals surface area contributed by atoms with Gasteiger partial charge in [-0.2, -0.15) is 0 Å². The van der Waals surface area contributed by atoms with Crippen LogP contribution < -0.4 is 10.2 Å². The Morgan fingerprint density at radius 1 is 1.16 bits per heavy atom. The monoisotopic (exact) mass is 265 g/mol. The Hall–Kier alpha value is -1.20. The third-order valence-corrected chi connectivity index (χ3v) is 2.78. The summed E-state index contributed by atoms with van der Waals surface area (Å²) in [6.45, 7) is 8.22. The topological polar surface area (TPSA) is 44.3 Å². The van der Waals surface area contributed by atoms with Crippen LogP contribution in [-0.2, 0) is 6.54 Å². The molecule has 0 unspecified atom stereocenters. The first-order chi connectivity index (χ1) is 9.02. The van der Waals surface area contributed by atoms with Crippen molar-refractivity contribution in [3.63, 3.8) is 0 Å². The van der Waals surface area contributed by atoms with E-state index >= 15 is 0 Å². The van der Waals surface area contributed by atoms with Gasteiger partial charge in [0.05, 0.1) is 18.1 Å². The van der Waals surface area contributed by atoms with Crippen LogP contribution in [0.3, 0.4) is 0 Å². The van der Waals surface area contributed by atoms with Crippen molar-refractivity contribution in [2.24, 2.45) is 5.92 Å². The number of hydrogen-bond acceptors (Lipinski definition) is 5. The van der Waals surface area contributed by atoms with Crippen molar-refractivity contribution in [1.82, 2.24) is 20.2 Å². The van der Waals surface area contributed by atoms with Crippen molar-refractivity contribution >= 4 is 5.82 Å². The minimum atomic E-state index is 0.612. The molecule has 1 aromatic rings. The van der Waals surface area contributed by atoms with Crippen LogP contribution in [0.1, 0.15) is 19.5 Å². The van der Waals surface area contributed by atoms with Crippen molar-refractivity contribution in [3.8, 4) is 0 Å². The molecule has 0 radical (unpaired) electrons. The smallest absolute Gasteiger partial charge is 0.147 e. The van der Waals surface area contributed by atoms with Crippen LogP contribution in [0.15, 0.2) is 12.4 Å². The molecule has 5 heteroatoms. The molecule has 0 saturated heterocycles. The van der Waals surface area contributed by atoms with Gasteiger partial charge in [0.2, 0.25) is 0 Å². The van der Waals surface area contributed by atoms with Gasteiger partial charge in [-0.05, 0) is 27.1 Å². The fourth-order valence-electron chi connectivity index (χ4n) is 1.84. The summed E-state index contributed by atoms with van der Waals surface area (Å²) in [5, 5.41) is 3.08. The second-order valence-electron chi connectivity index (χ2n) is 5.54. The van der Waals surface area contributed by atoms with Crippen LogP contribution in [0.25, 0.3) is 0 Å². The van der Waals surface area contributed by atoms with Gasteiger partial charge in [-0.3, -0.25) is 4.98 Å². The van der Waals surface area contributed by atoms with Crippen LogP contribution in [0.2, 0.25) is 0 Å². The summed E-state index contributed by atoms with van der Waals surface area (Å²) in [4.78, 5) is 13.5. The molecule has 1 N–H and O–H groups in total. The summed E-state index contributed by atoms with van der Waals surface area (Å²) in [6.07, 6.45) is 3.74. The fourth-order valence-corrected chi connectivity index (χ4v) is 1.84. The maximum absolute atomic E-state index is 4.53. The third kappa shape index (κ3) is 5.98. The molecule has 1 aromatic heterocycles. The van der Waals surface area contributed by atoms with E-state index in [1.54, 1.807) is 0 Å². The Morgan fingerprint density at radius 2 is 1.89 bits per heavy atom. The fraction of sp³-hybridized carbons (Fsp3) is 0.714. The van der Waals surface area contributed by atoms with E-state index in [9.17, 15) is 0 Å². The number of aromatic nitrogens is 2. The van der Waals surface area contributed by atoms with E-state index < -0.39 is 0 Å². The SMILES string of the molecule is CNCc1cnc(N(CCN(C)C)CC(C)C)cn1. The molecule has 0 spiro atoms. The van der Waals surface area contributed by atoms with Crippen molar-refractivity contribution in [2.75, 3.05) is 45.7 Å². The van der Waals surface area contributed by atoms with E-state index in [2.05, 4.69) is 53.0 Å². The molecule has 19 heavy (non-hydrogen) atoms. The Balaban J connectivity index is 2.72. The highest BCUT2D eigenvalue weighted by molar-refractivity contribution is 5.35. The van der Waals surface area contributed by atoms with Crippen molar-refractivity contribution in [3.05, 3.63) is 18.1 Å². The number of likely N-dealkylation sites (N-methyl/N-ethyl adjacent to an activating group) is 1. The number of nitrogens with zero attached hydrogens (tertiary/aromatic N) is 4. The molecule has 0 amide bonds. The van der Waals surface area contributed by atoms with Crippen LogP contribution in [0, 0.1) is 5.92 Å². The molecular formula is C14H27N5. The number of hydrogen-bond donors (Lipinski definition) is 1. The van der Waals surface area contributed by atoms with Crippen molar-refractivity contribution in [1.29, 1.82) is 0 Å². The summed E-state index contributed by atoms with van der Waals surface area (Å²) in [7, 11) is 6.10. The van der Waals surface area contributed by atoms with Crippen molar-refractivity contribution < 1.29 is 0 Å². The number of anilines is 1. The Kier molecular flexibility index (Phi) is 6.73. The predicted octanol–water partition coefficient (Wildman–Crippen LogP) is 1.22. The molecule has 0 aliphatic heterocycles. The zero-order valence-corrected chi connectivity index (χ0v) is 12.8. The Labute approximate surface area is 117 Å². The van der Waals surface area contributed by atoms with Crippen molar-refractivity contribution in [2.45, 2.75) is 20.4 Å². The van der Waals surface area contributed by atoms with E-state index in [1.165, 1.54) is 0 Å². The second kappa shape index (κ2) is 8.07. The predicted molar refractivity (Wildman–Crippen MR) is 80.4 cm³/mol. The Morgan fingerprint density at radius 3 is 2.37 bits per heavy atom. The minimum Gasteiger partial charge on any atom is -0.354 e. The highest BCUT2D eigenvalue weighted by Crippen LogP contribution is 2.11. The third-order valence-electron chi connectivity index (χ3n) is 2.78. The molecule has 0 aliphatic carbocycles. The van der Waals surface area contributed by atoms with Gasteiger partial charge in [-0.25, -0.2) is 4.98 Å². The summed E-state index contributed by atoms with van der Waals surface area (Å²) in [5.41, 5.74) is 0.975. The van der Waals surface area contributed by atoms with Gasteiger partial charge in [0.1, 0.15) is 5.82 Å². The van der Waals surface area contributed by atoms with Gasteiger partial charge < -0.3 is 15.1 Å². The highest BCUT2D eigenvalue weighted by atomic mass is 15.2. The van der Waals surface area contributed by atoms with Crippen LogP contribution >= 0.6 is 0 Å². The van der Waals surface area contributed by atoms with E-state index in [4.69, 9.17) is 0 Å². The largest absolute Gasteiger partial charge is 0.354 e. The molecule has 108 valence electrons. The maximum Gasteiger partial charge on any atom is 0.147 e. The number of rotatable bonds is 8. The minimum absolute atomic E-state index is 0.612. The lowest BCUT2D eigenvalue weighted by Gasteiger charge is -2.26. The van der Waals surface area contributed by atoms with E-state index in [-0.39, 0.29) is 0 Å². The van der Waals surface area contributed by atoms with Crippen LogP contribution in [0.5, 0.6) is 0 Å². The lowest BCUT2D eigenvalue weighted by molar-refractivity contribution is 0.408. The Bertz CT molecular complexity index is 347. The molecule has 0 aromatic carbocycles. The molecule has 1 rings (SSSR count). The lowest BCUT2D eigenvalue weighted by atomic mass is 10.2. The van der Waals surface area contributed by atoms with E-state index in [0.29, 0.717) is 5.92 Å². The van der Waals surface area contributed by atoms with Crippen LogP contribution in [0.4, 0.5) is 5.82 Å². The van der Waals surface area contributed by atoms with Gasteiger partial charge in [0.25, 0.3) is 0 Å². The molecule has 0 bridgehead atoms. The molecular weight excluding hydrogens is 238 g/mol. The van der Waals surface area contributed by atoms with Crippen LogP contribution in [-0.4, -0.2) is 55.6 Å².